The minimum atomic E-state index is -0.410. The fraction of sp³-hybridized carbons (Fsp3) is 0.200. The van der Waals surface area contributed by atoms with Gasteiger partial charge in [0, 0.05) is 45.5 Å². The van der Waals surface area contributed by atoms with E-state index >= 15 is 0 Å². The van der Waals surface area contributed by atoms with E-state index in [1.54, 1.807) is 18.2 Å². The van der Waals surface area contributed by atoms with Gasteiger partial charge in [0.1, 0.15) is 5.70 Å². The van der Waals surface area contributed by atoms with Gasteiger partial charge in [-0.15, -0.1) is 0 Å². The number of carbonyl (C=O) groups excluding carboxylic acids is 2. The molecule has 0 bridgehead atoms. The lowest BCUT2D eigenvalue weighted by Gasteiger charge is -2.11. The van der Waals surface area contributed by atoms with E-state index in [1.165, 1.54) is 28.8 Å². The molecule has 8 nitrogen and oxygen atoms in total. The normalized spacial score (nSPS) is 14.7. The summed E-state index contributed by atoms with van der Waals surface area (Å²) >= 11 is 1.53. The molecule has 1 aromatic heterocycles. The van der Waals surface area contributed by atoms with Gasteiger partial charge < -0.3 is 9.88 Å². The van der Waals surface area contributed by atoms with E-state index in [0.717, 1.165) is 32.4 Å². The summed E-state index contributed by atoms with van der Waals surface area (Å²) in [5, 5.41) is 13.5. The number of nitro benzene ring substituents is 1. The van der Waals surface area contributed by atoms with E-state index in [4.69, 9.17) is 0 Å². The predicted octanol–water partition coefficient (Wildman–Crippen LogP) is 5.46. The molecule has 174 valence electrons. The second-order valence-electron chi connectivity index (χ2n) is 7.95. The first-order valence-electron chi connectivity index (χ1n) is 10.8. The molecule has 1 fully saturated rings. The zero-order chi connectivity index (χ0) is 24.4. The van der Waals surface area contributed by atoms with Gasteiger partial charge in [0.05, 0.1) is 4.92 Å². The first-order chi connectivity index (χ1) is 16.3. The Hall–Kier alpha value is -3.85. The molecule has 3 amide bonds. The van der Waals surface area contributed by atoms with Crippen molar-refractivity contribution in [1.82, 2.24) is 14.8 Å². The van der Waals surface area contributed by atoms with Crippen LogP contribution in [0.3, 0.4) is 0 Å². The number of rotatable bonds is 7. The number of non-ortho nitro benzene ring substituents is 1. The monoisotopic (exact) mass is 476 g/mol. The van der Waals surface area contributed by atoms with Gasteiger partial charge in [-0.25, -0.2) is 4.79 Å². The number of aromatic nitrogens is 1. The average molecular weight is 477 g/mol. The summed E-state index contributed by atoms with van der Waals surface area (Å²) < 4.78 is 2.10. The number of hydrogen-bond donors (Lipinski definition) is 1. The zero-order valence-electron chi connectivity index (χ0n) is 19.1. The van der Waals surface area contributed by atoms with Crippen LogP contribution in [0.2, 0.25) is 0 Å². The van der Waals surface area contributed by atoms with Crippen LogP contribution in [0.4, 0.5) is 10.5 Å². The van der Waals surface area contributed by atoms with Gasteiger partial charge >= 0.3 is 6.03 Å². The Labute approximate surface area is 201 Å². The van der Waals surface area contributed by atoms with Crippen LogP contribution < -0.4 is 5.32 Å². The summed E-state index contributed by atoms with van der Waals surface area (Å²) in [6.45, 7) is 6.29. The van der Waals surface area contributed by atoms with Gasteiger partial charge in [-0.2, -0.15) is 0 Å². The van der Waals surface area contributed by atoms with Crippen LogP contribution in [-0.2, 0) is 4.79 Å². The van der Waals surface area contributed by atoms with Crippen LogP contribution in [0.15, 0.2) is 70.1 Å². The molecule has 1 aliphatic heterocycles. The third kappa shape index (κ3) is 4.60. The van der Waals surface area contributed by atoms with Crippen molar-refractivity contribution in [3.8, 4) is 5.69 Å². The van der Waals surface area contributed by atoms with Crippen molar-refractivity contribution in [2.45, 2.75) is 37.0 Å². The third-order valence-corrected chi connectivity index (χ3v) is 6.57. The highest BCUT2D eigenvalue weighted by Gasteiger charge is 2.32. The average Bonchev–Trinajstić information content (AvgIpc) is 3.24. The molecule has 3 aromatic rings. The molecule has 0 spiro atoms. The number of urea groups is 1. The Kier molecular flexibility index (Phi) is 6.56. The maximum atomic E-state index is 12.6. The summed E-state index contributed by atoms with van der Waals surface area (Å²) in [7, 11) is 0. The molecule has 34 heavy (non-hydrogen) atoms. The number of benzene rings is 2. The van der Waals surface area contributed by atoms with Gasteiger partial charge in [0.2, 0.25) is 0 Å². The first kappa shape index (κ1) is 23.3. The second-order valence-corrected chi connectivity index (χ2v) is 9.10. The lowest BCUT2D eigenvalue weighted by molar-refractivity contribution is -0.384. The third-order valence-electron chi connectivity index (χ3n) is 5.56. The molecular weight excluding hydrogens is 452 g/mol. The molecule has 1 saturated heterocycles. The molecule has 1 N–H and O–H groups in total. The van der Waals surface area contributed by atoms with Crippen LogP contribution in [0, 0.1) is 24.0 Å². The number of carbonyl (C=O) groups is 2. The molecule has 0 saturated carbocycles. The van der Waals surface area contributed by atoms with Crippen LogP contribution >= 0.6 is 11.8 Å². The molecular formula is C25H24N4O4S. The Balaban J connectivity index is 1.55. The Morgan fingerprint density at radius 1 is 1.03 bits per heavy atom. The zero-order valence-corrected chi connectivity index (χ0v) is 19.9. The van der Waals surface area contributed by atoms with Crippen molar-refractivity contribution in [2.75, 3.05) is 6.54 Å². The van der Waals surface area contributed by atoms with E-state index < -0.39 is 4.92 Å². The summed E-state index contributed by atoms with van der Waals surface area (Å²) in [5.74, 6) is -0.302. The molecule has 4 rings (SSSR count). The SMILES string of the molecule is CCCN1C(=O)N/C(=C/c2cc(C)n(-c3ccc(Sc4ccc([N+](=O)[O-])cc4)cc3)c2C)C1=O. The Morgan fingerprint density at radius 3 is 2.24 bits per heavy atom. The van der Waals surface area contributed by atoms with Crippen LogP contribution in [0.1, 0.15) is 30.3 Å². The van der Waals surface area contributed by atoms with Crippen molar-refractivity contribution in [2.24, 2.45) is 0 Å². The molecule has 0 radical (unpaired) electrons. The van der Waals surface area contributed by atoms with Crippen molar-refractivity contribution in [3.05, 3.63) is 87.4 Å². The fourth-order valence-corrected chi connectivity index (χ4v) is 4.74. The van der Waals surface area contributed by atoms with Gasteiger partial charge in [0.25, 0.3) is 11.6 Å². The van der Waals surface area contributed by atoms with Gasteiger partial charge in [-0.3, -0.25) is 19.8 Å². The number of hydrogen-bond acceptors (Lipinski definition) is 5. The van der Waals surface area contributed by atoms with Gasteiger partial charge in [-0.05, 0) is 74.4 Å². The maximum absolute atomic E-state index is 12.6. The Bertz CT molecular complexity index is 1290. The largest absolute Gasteiger partial charge is 0.329 e. The number of nitrogens with zero attached hydrogens (tertiary/aromatic N) is 3. The summed E-state index contributed by atoms with van der Waals surface area (Å²) in [4.78, 5) is 38.2. The molecule has 1 aliphatic rings. The van der Waals surface area contributed by atoms with Crippen LogP contribution in [0.25, 0.3) is 11.8 Å². The van der Waals surface area contributed by atoms with E-state index in [2.05, 4.69) is 9.88 Å². The number of aryl methyl sites for hydroxylation is 1. The molecule has 0 atom stereocenters. The van der Waals surface area contributed by atoms with Crippen molar-refractivity contribution >= 4 is 35.5 Å². The fourth-order valence-electron chi connectivity index (χ4n) is 3.92. The summed E-state index contributed by atoms with van der Waals surface area (Å²) in [6.07, 6.45) is 2.44. The Morgan fingerprint density at radius 2 is 1.65 bits per heavy atom. The minimum absolute atomic E-state index is 0.0703. The molecule has 9 heteroatoms. The molecule has 0 unspecified atom stereocenters. The smallest absolute Gasteiger partial charge is 0.318 e. The number of nitrogens with one attached hydrogen (secondary N) is 1. The van der Waals surface area contributed by atoms with Crippen LogP contribution in [-0.4, -0.2) is 32.9 Å². The minimum Gasteiger partial charge on any atom is -0.318 e. The van der Waals surface area contributed by atoms with Crippen molar-refractivity contribution in [1.29, 1.82) is 0 Å². The summed E-state index contributed by atoms with van der Waals surface area (Å²) in [5.41, 5.74) is 4.15. The highest BCUT2D eigenvalue weighted by molar-refractivity contribution is 7.99. The quantitative estimate of drug-likeness (QED) is 0.211. The lowest BCUT2D eigenvalue weighted by atomic mass is 10.2. The predicted molar refractivity (Wildman–Crippen MR) is 131 cm³/mol. The standard InChI is InChI=1S/C25H24N4O4S/c1-4-13-27-24(30)23(26-25(27)31)15-18-14-16(2)28(17(18)3)19-5-9-21(10-6-19)34-22-11-7-20(8-12-22)29(32)33/h5-12,14-15H,4,13H2,1-3H3,(H,26,31)/b23-15+. The topological polar surface area (TPSA) is 97.5 Å². The molecule has 0 aliphatic carbocycles. The van der Waals surface area contributed by atoms with Crippen molar-refractivity contribution < 1.29 is 14.5 Å². The first-order valence-corrected chi connectivity index (χ1v) is 11.7. The highest BCUT2D eigenvalue weighted by Crippen LogP contribution is 2.31. The molecule has 2 heterocycles. The van der Waals surface area contributed by atoms with E-state index in [1.807, 2.05) is 51.1 Å². The molecule has 2 aromatic carbocycles. The second kappa shape index (κ2) is 9.56. The van der Waals surface area contributed by atoms with E-state index in [-0.39, 0.29) is 23.3 Å². The maximum Gasteiger partial charge on any atom is 0.329 e. The highest BCUT2D eigenvalue weighted by atomic mass is 32.2. The van der Waals surface area contributed by atoms with Crippen molar-refractivity contribution in [3.63, 3.8) is 0 Å². The summed E-state index contributed by atoms with van der Waals surface area (Å²) in [6, 6.07) is 16.1. The lowest BCUT2D eigenvalue weighted by Crippen LogP contribution is -2.31. The number of nitro groups is 1. The number of amides is 3. The van der Waals surface area contributed by atoms with Gasteiger partial charge in [-0.1, -0.05) is 18.7 Å². The number of imide groups is 1. The van der Waals surface area contributed by atoms with E-state index in [9.17, 15) is 19.7 Å². The van der Waals surface area contributed by atoms with Crippen LogP contribution in [0.5, 0.6) is 0 Å². The van der Waals surface area contributed by atoms with E-state index in [0.29, 0.717) is 13.0 Å². The van der Waals surface area contributed by atoms with Gasteiger partial charge in [0.15, 0.2) is 0 Å².